The van der Waals surface area contributed by atoms with Crippen LogP contribution in [0.4, 0.5) is 0 Å². The van der Waals surface area contributed by atoms with Gasteiger partial charge in [-0.2, -0.15) is 0 Å². The van der Waals surface area contributed by atoms with Crippen LogP contribution in [0.25, 0.3) is 0 Å². The molecule has 3 N–H and O–H groups in total. The Kier molecular flexibility index (Phi) is 57.0. The SMILES string of the molecule is CC/C=C\C/C=C\C/C=C\C/C=C\CCCCCCCCCCCCCCCCCCCCCCC(=O)NC(COP(=O)(O)OCC[N+](C)(C)C)C(O)/C=C/CC/C=C/CCCCCCCCCCCCCCCCCC. The van der Waals surface area contributed by atoms with Gasteiger partial charge in [0.1, 0.15) is 13.2 Å². The van der Waals surface area contributed by atoms with Crippen molar-refractivity contribution in [2.24, 2.45) is 0 Å². The van der Waals surface area contributed by atoms with E-state index in [0.717, 1.165) is 64.2 Å². The van der Waals surface area contributed by atoms with Crippen LogP contribution in [0, 0.1) is 0 Å². The number of allylic oxidation sites excluding steroid dienone is 11. The molecule has 3 atom stereocenters. The summed E-state index contributed by atoms with van der Waals surface area (Å²) in [6, 6.07) is -0.866. The van der Waals surface area contributed by atoms with Crippen molar-refractivity contribution < 1.29 is 32.9 Å². The van der Waals surface area contributed by atoms with Crippen LogP contribution in [0.5, 0.6) is 0 Å². The highest BCUT2D eigenvalue weighted by atomic mass is 31.2. The normalized spacial score (nSPS) is 14.2. The third kappa shape index (κ3) is 61.4. The Balaban J connectivity index is 4.09. The molecule has 0 fully saturated rings. The molecule has 9 heteroatoms. The number of aliphatic hydroxyl groups is 1. The monoisotopic (exact) mass is 1100 g/mol. The second-order valence-electron chi connectivity index (χ2n) is 23.5. The lowest BCUT2D eigenvalue weighted by Gasteiger charge is -2.25. The molecule has 0 aliphatic heterocycles. The molecule has 0 rings (SSSR count). The first-order valence-electron chi connectivity index (χ1n) is 32.8. The lowest BCUT2D eigenvalue weighted by molar-refractivity contribution is -0.870. The highest BCUT2D eigenvalue weighted by molar-refractivity contribution is 7.47. The Morgan fingerprint density at radius 1 is 0.455 bits per heavy atom. The van der Waals surface area contributed by atoms with Gasteiger partial charge in [0.05, 0.1) is 39.9 Å². The average Bonchev–Trinajstić information content (AvgIpc) is 3.39. The lowest BCUT2D eigenvalue weighted by Crippen LogP contribution is -2.45. The summed E-state index contributed by atoms with van der Waals surface area (Å²) >= 11 is 0. The lowest BCUT2D eigenvalue weighted by atomic mass is 10.0. The number of hydrogen-bond donors (Lipinski definition) is 3. The fourth-order valence-electron chi connectivity index (χ4n) is 9.58. The number of likely N-dealkylation sites (N-methyl/N-ethyl adjacent to an activating group) is 1. The Morgan fingerprint density at radius 2 is 0.792 bits per heavy atom. The number of carbonyl (C=O) groups excluding carboxylic acids is 1. The number of hydrogen-bond acceptors (Lipinski definition) is 5. The summed E-state index contributed by atoms with van der Waals surface area (Å²) in [5, 5.41) is 14.0. The molecule has 0 aliphatic carbocycles. The standard InChI is InChI=1S/C68H127N2O6P/c1-6-8-10-12-14-16-18-20-22-24-26-28-30-31-32-33-34-35-36-37-38-39-40-42-44-46-48-50-52-54-56-58-60-62-68(72)69-66(65-76-77(73,74)75-64-63-70(3,4)5)67(71)61-59-57-55-53-51-49-47-45-43-41-29-27-25-23-21-19-17-15-13-11-9-7-2/h8,10,14,16,20,22,26,28,51,53,59,61,66-67,71H,6-7,9,11-13,15,17-19,21,23-25,27,29-50,52,54-58,60,62-65H2,1-5H3,(H-,69,72,73,74)/p+1/b10-8-,16-14-,22-20-,28-26-,53-51+,61-59+. The Bertz CT molecular complexity index is 1480. The van der Waals surface area contributed by atoms with Crippen molar-refractivity contribution in [2.45, 2.75) is 315 Å². The first-order chi connectivity index (χ1) is 37.5. The molecule has 0 saturated heterocycles. The van der Waals surface area contributed by atoms with Crippen LogP contribution < -0.4 is 5.32 Å². The number of phosphoric acid groups is 1. The van der Waals surface area contributed by atoms with E-state index in [0.29, 0.717) is 17.4 Å². The first kappa shape index (κ1) is 74.9. The first-order valence-corrected chi connectivity index (χ1v) is 34.3. The number of phosphoric ester groups is 1. The third-order valence-electron chi connectivity index (χ3n) is 14.7. The van der Waals surface area contributed by atoms with Crippen LogP contribution in [0.1, 0.15) is 303 Å². The fourth-order valence-corrected chi connectivity index (χ4v) is 10.3. The van der Waals surface area contributed by atoms with Gasteiger partial charge in [0, 0.05) is 6.42 Å². The van der Waals surface area contributed by atoms with Gasteiger partial charge in [0.15, 0.2) is 0 Å². The van der Waals surface area contributed by atoms with Gasteiger partial charge in [-0.25, -0.2) is 4.57 Å². The Hall–Kier alpha value is -2.06. The highest BCUT2D eigenvalue weighted by Crippen LogP contribution is 2.43. The average molecular weight is 1100 g/mol. The van der Waals surface area contributed by atoms with Crippen LogP contribution in [-0.4, -0.2) is 73.4 Å². The Labute approximate surface area is 478 Å². The number of nitrogens with one attached hydrogen (secondary N) is 1. The Morgan fingerprint density at radius 3 is 1.19 bits per heavy atom. The topological polar surface area (TPSA) is 105 Å². The van der Waals surface area contributed by atoms with E-state index in [1.807, 2.05) is 27.2 Å². The predicted octanol–water partition coefficient (Wildman–Crippen LogP) is 20.6. The van der Waals surface area contributed by atoms with Gasteiger partial charge >= 0.3 is 7.82 Å². The molecule has 0 aromatic rings. The molecule has 0 aliphatic rings. The summed E-state index contributed by atoms with van der Waals surface area (Å²) in [6.07, 6.45) is 81.8. The second kappa shape index (κ2) is 58.6. The molecule has 8 nitrogen and oxygen atoms in total. The van der Waals surface area contributed by atoms with E-state index in [9.17, 15) is 19.4 Å². The van der Waals surface area contributed by atoms with Gasteiger partial charge in [-0.15, -0.1) is 0 Å². The molecular weight excluding hydrogens is 972 g/mol. The minimum atomic E-state index is -4.36. The van der Waals surface area contributed by atoms with Gasteiger partial charge in [-0.3, -0.25) is 13.8 Å². The van der Waals surface area contributed by atoms with Crippen LogP contribution in [-0.2, 0) is 18.4 Å². The molecule has 0 aromatic carbocycles. The summed E-state index contributed by atoms with van der Waals surface area (Å²) < 4.78 is 23.8. The number of quaternary nitrogens is 1. The molecule has 0 radical (unpaired) electrons. The maximum atomic E-state index is 13.0. The number of amides is 1. The largest absolute Gasteiger partial charge is 0.472 e. The number of rotatable bonds is 60. The molecule has 0 aromatic heterocycles. The van der Waals surface area contributed by atoms with Crippen molar-refractivity contribution in [3.05, 3.63) is 72.9 Å². The van der Waals surface area contributed by atoms with E-state index < -0.39 is 20.0 Å². The minimum absolute atomic E-state index is 0.0558. The van der Waals surface area contributed by atoms with Gasteiger partial charge in [0.2, 0.25) is 5.91 Å². The zero-order chi connectivity index (χ0) is 56.3. The zero-order valence-corrected chi connectivity index (χ0v) is 52.3. The van der Waals surface area contributed by atoms with Crippen molar-refractivity contribution in [1.29, 1.82) is 0 Å². The molecule has 77 heavy (non-hydrogen) atoms. The van der Waals surface area contributed by atoms with Crippen LogP contribution in [0.3, 0.4) is 0 Å². The molecule has 0 spiro atoms. The van der Waals surface area contributed by atoms with Crippen LogP contribution in [0.2, 0.25) is 0 Å². The summed E-state index contributed by atoms with van der Waals surface area (Å²) in [6.45, 7) is 4.72. The number of nitrogens with zero attached hydrogens (tertiary/aromatic N) is 1. The number of carbonyl (C=O) groups is 1. The smallest absolute Gasteiger partial charge is 0.387 e. The molecule has 0 saturated carbocycles. The van der Waals surface area contributed by atoms with Gasteiger partial charge in [-0.05, 0) is 70.6 Å². The molecule has 0 bridgehead atoms. The third-order valence-corrected chi connectivity index (χ3v) is 15.6. The fraction of sp³-hybridized carbons (Fsp3) is 0.809. The van der Waals surface area contributed by atoms with Gasteiger partial charge in [0.25, 0.3) is 0 Å². The van der Waals surface area contributed by atoms with E-state index in [4.69, 9.17) is 9.05 Å². The van der Waals surface area contributed by atoms with Crippen molar-refractivity contribution in [1.82, 2.24) is 5.32 Å². The highest BCUT2D eigenvalue weighted by Gasteiger charge is 2.27. The zero-order valence-electron chi connectivity index (χ0n) is 51.4. The van der Waals surface area contributed by atoms with Gasteiger partial charge in [-0.1, -0.05) is 299 Å². The maximum absolute atomic E-state index is 13.0. The number of unbranched alkanes of at least 4 members (excludes halogenated alkanes) is 37. The molecule has 3 unspecified atom stereocenters. The van der Waals surface area contributed by atoms with Crippen molar-refractivity contribution >= 4 is 13.7 Å². The molecular formula is C68H128N2O6P+. The van der Waals surface area contributed by atoms with Crippen LogP contribution >= 0.6 is 7.82 Å². The summed E-state index contributed by atoms with van der Waals surface area (Å²) in [5.74, 6) is -0.183. The van der Waals surface area contributed by atoms with Crippen molar-refractivity contribution in [3.63, 3.8) is 0 Å². The van der Waals surface area contributed by atoms with E-state index >= 15 is 0 Å². The van der Waals surface area contributed by atoms with Crippen molar-refractivity contribution in [3.8, 4) is 0 Å². The van der Waals surface area contributed by atoms with E-state index in [1.54, 1.807) is 6.08 Å². The molecule has 450 valence electrons. The molecule has 0 heterocycles. The summed E-state index contributed by atoms with van der Waals surface area (Å²) in [5.41, 5.74) is 0. The van der Waals surface area contributed by atoms with Gasteiger partial charge < -0.3 is 19.8 Å². The number of aliphatic hydroxyl groups excluding tert-OH is 1. The van der Waals surface area contributed by atoms with E-state index in [2.05, 4.69) is 79.9 Å². The second-order valence-corrected chi connectivity index (χ2v) is 24.9. The predicted molar refractivity (Wildman–Crippen MR) is 337 cm³/mol. The van der Waals surface area contributed by atoms with E-state index in [-0.39, 0.29) is 19.1 Å². The minimum Gasteiger partial charge on any atom is -0.387 e. The van der Waals surface area contributed by atoms with Crippen molar-refractivity contribution in [2.75, 3.05) is 40.9 Å². The quantitative estimate of drug-likeness (QED) is 0.0243. The molecule has 1 amide bonds. The summed E-state index contributed by atoms with van der Waals surface area (Å²) in [4.78, 5) is 23.4. The van der Waals surface area contributed by atoms with E-state index in [1.165, 1.54) is 218 Å². The van der Waals surface area contributed by atoms with Crippen LogP contribution in [0.15, 0.2) is 72.9 Å². The maximum Gasteiger partial charge on any atom is 0.472 e. The summed E-state index contributed by atoms with van der Waals surface area (Å²) in [7, 11) is 1.56.